The Bertz CT molecular complexity index is 523. The summed E-state index contributed by atoms with van der Waals surface area (Å²) in [7, 11) is 0. The lowest BCUT2D eigenvalue weighted by Crippen LogP contribution is -2.07. The molecule has 0 aliphatic heterocycles. The van der Waals surface area contributed by atoms with Crippen LogP contribution in [0, 0.1) is 3.57 Å². The largest absolute Gasteiger partial charge is 0.411 e. The molecule has 2 aromatic rings. The predicted molar refractivity (Wildman–Crippen MR) is 77.6 cm³/mol. The number of benzene rings is 2. The average Bonchev–Trinajstić information content (AvgIpc) is 2.38. The number of nitrogens with zero attached hydrogens (tertiary/aromatic N) is 1. The van der Waals surface area contributed by atoms with Crippen LogP contribution >= 0.6 is 22.6 Å². The zero-order valence-corrected chi connectivity index (χ0v) is 11.3. The second kappa shape index (κ2) is 5.82. The van der Waals surface area contributed by atoms with E-state index in [0.717, 1.165) is 14.7 Å². The van der Waals surface area contributed by atoms with Crippen LogP contribution in [0.3, 0.4) is 0 Å². The Kier molecular flexibility index (Phi) is 4.14. The van der Waals surface area contributed by atoms with E-state index in [9.17, 15) is 0 Å². The van der Waals surface area contributed by atoms with Crippen LogP contribution in [0.1, 0.15) is 11.1 Å². The smallest absolute Gasteiger partial charge is 0.0922 e. The van der Waals surface area contributed by atoms with Crippen LogP contribution in [0.4, 0.5) is 0 Å². The lowest BCUT2D eigenvalue weighted by molar-refractivity contribution is 0.318. The molecule has 0 radical (unpaired) electrons. The Morgan fingerprint density at radius 3 is 2.29 bits per heavy atom. The minimum absolute atomic E-state index is 0.636. The van der Waals surface area contributed by atoms with E-state index in [4.69, 9.17) is 5.21 Å². The van der Waals surface area contributed by atoms with Crippen molar-refractivity contribution in [2.24, 2.45) is 5.16 Å². The van der Waals surface area contributed by atoms with Gasteiger partial charge in [-0.25, -0.2) is 0 Å². The number of rotatable bonds is 3. The van der Waals surface area contributed by atoms with Gasteiger partial charge in [0.25, 0.3) is 0 Å². The fourth-order valence-corrected chi connectivity index (χ4v) is 2.37. The molecule has 0 aliphatic rings. The zero-order chi connectivity index (χ0) is 12.1. The van der Waals surface area contributed by atoms with E-state index in [1.54, 1.807) is 0 Å². The monoisotopic (exact) mass is 337 g/mol. The van der Waals surface area contributed by atoms with Crippen LogP contribution in [0.15, 0.2) is 59.8 Å². The molecule has 0 heterocycles. The summed E-state index contributed by atoms with van der Waals surface area (Å²) in [6.07, 6.45) is 0.636. The third kappa shape index (κ3) is 3.06. The van der Waals surface area contributed by atoms with Crippen LogP contribution in [0.5, 0.6) is 0 Å². The molecule has 0 unspecified atom stereocenters. The van der Waals surface area contributed by atoms with Crippen molar-refractivity contribution in [1.29, 1.82) is 0 Å². The molecular formula is C14H12INO. The highest BCUT2D eigenvalue weighted by Crippen LogP contribution is 2.15. The second-order valence-corrected chi connectivity index (χ2v) is 4.85. The van der Waals surface area contributed by atoms with E-state index in [2.05, 4.69) is 27.7 Å². The van der Waals surface area contributed by atoms with Gasteiger partial charge in [0.2, 0.25) is 0 Å². The Morgan fingerprint density at radius 2 is 1.65 bits per heavy atom. The molecule has 1 N–H and O–H groups in total. The van der Waals surface area contributed by atoms with Crippen LogP contribution < -0.4 is 0 Å². The van der Waals surface area contributed by atoms with Crippen molar-refractivity contribution in [3.63, 3.8) is 0 Å². The van der Waals surface area contributed by atoms with Crippen molar-refractivity contribution in [3.8, 4) is 0 Å². The van der Waals surface area contributed by atoms with Gasteiger partial charge in [0.05, 0.1) is 5.71 Å². The van der Waals surface area contributed by atoms with Gasteiger partial charge in [0, 0.05) is 15.6 Å². The van der Waals surface area contributed by atoms with Crippen LogP contribution in [0.25, 0.3) is 0 Å². The lowest BCUT2D eigenvalue weighted by Gasteiger charge is -2.06. The first-order chi connectivity index (χ1) is 8.31. The van der Waals surface area contributed by atoms with Crippen molar-refractivity contribution in [2.45, 2.75) is 6.42 Å². The third-order valence-electron chi connectivity index (χ3n) is 2.52. The predicted octanol–water partition coefficient (Wildman–Crippen LogP) is 3.71. The Morgan fingerprint density at radius 1 is 1.00 bits per heavy atom. The van der Waals surface area contributed by atoms with Gasteiger partial charge in [-0.2, -0.15) is 0 Å². The second-order valence-electron chi connectivity index (χ2n) is 3.69. The third-order valence-corrected chi connectivity index (χ3v) is 3.46. The standard InChI is InChI=1S/C14H12INO/c15-13-9-5-4-8-12(13)14(16-17)10-11-6-2-1-3-7-11/h1-9,17H,10H2/b16-14-. The van der Waals surface area contributed by atoms with Crippen LogP contribution in [0.2, 0.25) is 0 Å². The molecule has 17 heavy (non-hydrogen) atoms. The summed E-state index contributed by atoms with van der Waals surface area (Å²) in [5.74, 6) is 0. The number of hydrogen-bond donors (Lipinski definition) is 1. The number of hydrogen-bond acceptors (Lipinski definition) is 2. The van der Waals surface area contributed by atoms with E-state index < -0.39 is 0 Å². The van der Waals surface area contributed by atoms with Crippen molar-refractivity contribution in [2.75, 3.05) is 0 Å². The van der Waals surface area contributed by atoms with E-state index in [1.807, 2.05) is 54.6 Å². The van der Waals surface area contributed by atoms with E-state index in [0.29, 0.717) is 12.1 Å². The lowest BCUT2D eigenvalue weighted by atomic mass is 10.0. The molecule has 0 saturated heterocycles. The van der Waals surface area contributed by atoms with Crippen molar-refractivity contribution >= 4 is 28.3 Å². The molecule has 3 heteroatoms. The number of halogens is 1. The van der Waals surface area contributed by atoms with Gasteiger partial charge in [-0.15, -0.1) is 0 Å². The van der Waals surface area contributed by atoms with Gasteiger partial charge in [-0.3, -0.25) is 0 Å². The molecule has 0 bridgehead atoms. The molecule has 0 fully saturated rings. The van der Waals surface area contributed by atoms with Crippen molar-refractivity contribution in [1.82, 2.24) is 0 Å². The maximum Gasteiger partial charge on any atom is 0.0922 e. The molecule has 0 amide bonds. The Labute approximate surface area is 114 Å². The fraction of sp³-hybridized carbons (Fsp3) is 0.0714. The Hall–Kier alpha value is -1.36. The summed E-state index contributed by atoms with van der Waals surface area (Å²) in [5.41, 5.74) is 2.82. The summed E-state index contributed by atoms with van der Waals surface area (Å²) >= 11 is 2.25. The van der Waals surface area contributed by atoms with Gasteiger partial charge in [0.15, 0.2) is 0 Å². The van der Waals surface area contributed by atoms with E-state index >= 15 is 0 Å². The van der Waals surface area contributed by atoms with Gasteiger partial charge in [0.1, 0.15) is 0 Å². The molecule has 2 rings (SSSR count). The maximum absolute atomic E-state index is 9.15. The minimum atomic E-state index is 0.636. The quantitative estimate of drug-likeness (QED) is 0.394. The highest BCUT2D eigenvalue weighted by atomic mass is 127. The van der Waals surface area contributed by atoms with Crippen molar-refractivity contribution < 1.29 is 5.21 Å². The first kappa shape index (κ1) is 12.1. The minimum Gasteiger partial charge on any atom is -0.411 e. The average molecular weight is 337 g/mol. The highest BCUT2D eigenvalue weighted by molar-refractivity contribution is 14.1. The summed E-state index contributed by atoms with van der Waals surface area (Å²) < 4.78 is 1.09. The molecule has 0 atom stereocenters. The molecule has 2 nitrogen and oxygen atoms in total. The van der Waals surface area contributed by atoms with Gasteiger partial charge >= 0.3 is 0 Å². The summed E-state index contributed by atoms with van der Waals surface area (Å²) in [4.78, 5) is 0. The summed E-state index contributed by atoms with van der Waals surface area (Å²) in [6.45, 7) is 0. The first-order valence-electron chi connectivity index (χ1n) is 5.31. The molecule has 0 aliphatic carbocycles. The topological polar surface area (TPSA) is 32.6 Å². The van der Waals surface area contributed by atoms with E-state index in [-0.39, 0.29) is 0 Å². The number of oxime groups is 1. The van der Waals surface area contributed by atoms with Crippen LogP contribution in [-0.4, -0.2) is 10.9 Å². The highest BCUT2D eigenvalue weighted by Gasteiger charge is 2.08. The first-order valence-corrected chi connectivity index (χ1v) is 6.39. The molecule has 0 aromatic heterocycles. The molecule has 0 spiro atoms. The maximum atomic E-state index is 9.15. The SMILES string of the molecule is O/N=C(/Cc1ccccc1)c1ccccc1I. The van der Waals surface area contributed by atoms with Gasteiger partial charge in [-0.1, -0.05) is 53.7 Å². The van der Waals surface area contributed by atoms with E-state index in [1.165, 1.54) is 0 Å². The molecule has 0 saturated carbocycles. The summed E-state index contributed by atoms with van der Waals surface area (Å²) in [5, 5.41) is 12.6. The molecule has 2 aromatic carbocycles. The molecular weight excluding hydrogens is 325 g/mol. The van der Waals surface area contributed by atoms with Gasteiger partial charge in [-0.05, 0) is 34.2 Å². The fourth-order valence-electron chi connectivity index (χ4n) is 1.67. The zero-order valence-electron chi connectivity index (χ0n) is 9.18. The van der Waals surface area contributed by atoms with Gasteiger partial charge < -0.3 is 5.21 Å². The summed E-state index contributed by atoms with van der Waals surface area (Å²) in [6, 6.07) is 17.9. The van der Waals surface area contributed by atoms with Crippen LogP contribution in [-0.2, 0) is 6.42 Å². The normalized spacial score (nSPS) is 11.5. The van der Waals surface area contributed by atoms with Crippen molar-refractivity contribution in [3.05, 3.63) is 69.3 Å². The Balaban J connectivity index is 2.28. The molecule has 86 valence electrons.